The van der Waals surface area contributed by atoms with Crippen molar-refractivity contribution in [2.75, 3.05) is 18.8 Å². The van der Waals surface area contributed by atoms with Gasteiger partial charge in [-0.1, -0.05) is 18.7 Å². The minimum atomic E-state index is -0.464. The molecule has 17 heavy (non-hydrogen) atoms. The Morgan fingerprint density at radius 2 is 2.06 bits per heavy atom. The van der Waals surface area contributed by atoms with E-state index < -0.39 is 5.60 Å². The van der Waals surface area contributed by atoms with E-state index in [4.69, 9.17) is 14.9 Å². The van der Waals surface area contributed by atoms with Crippen molar-refractivity contribution in [3.63, 3.8) is 0 Å². The van der Waals surface area contributed by atoms with Crippen molar-refractivity contribution >= 4 is 23.1 Å². The third kappa shape index (κ3) is 4.85. The molecule has 1 N–H and O–H groups in total. The van der Waals surface area contributed by atoms with E-state index in [1.165, 1.54) is 11.8 Å². The fourth-order valence-corrected chi connectivity index (χ4v) is 1.77. The van der Waals surface area contributed by atoms with Gasteiger partial charge in [-0.2, -0.15) is 0 Å². The molecule has 1 aliphatic heterocycles. The Morgan fingerprint density at radius 1 is 1.47 bits per heavy atom. The van der Waals surface area contributed by atoms with Crippen molar-refractivity contribution < 1.29 is 14.3 Å². The van der Waals surface area contributed by atoms with Crippen LogP contribution in [-0.4, -0.2) is 46.8 Å². The number of hydrogen-bond acceptors (Lipinski definition) is 5. The summed E-state index contributed by atoms with van der Waals surface area (Å²) >= 11 is 1.35. The molecule has 0 radical (unpaired) electrons. The lowest BCUT2D eigenvalue weighted by atomic mass is 10.2. The largest absolute Gasteiger partial charge is 0.466 e. The number of thioether (sulfide) groups is 1. The first-order valence-electron chi connectivity index (χ1n) is 5.67. The van der Waals surface area contributed by atoms with E-state index in [1.807, 2.05) is 27.7 Å². The highest BCUT2D eigenvalue weighted by molar-refractivity contribution is 8.13. The molecule has 0 bridgehead atoms. The second-order valence-electron chi connectivity index (χ2n) is 4.85. The average molecular weight is 260 g/mol. The van der Waals surface area contributed by atoms with Gasteiger partial charge in [-0.05, 0) is 26.5 Å². The van der Waals surface area contributed by atoms with E-state index in [9.17, 15) is 4.79 Å². The molecule has 0 aliphatic carbocycles. The zero-order valence-electron chi connectivity index (χ0n) is 10.8. The van der Waals surface area contributed by atoms with E-state index in [-0.39, 0.29) is 17.4 Å². The first kappa shape index (κ1) is 14.2. The molecule has 1 rings (SSSR count). The maximum Gasteiger partial charge on any atom is 0.410 e. The Hall–Kier alpha value is -0.910. The molecule has 1 aliphatic rings. The van der Waals surface area contributed by atoms with Crippen molar-refractivity contribution in [2.45, 2.75) is 39.4 Å². The minimum absolute atomic E-state index is 0.0610. The molecule has 1 heterocycles. The van der Waals surface area contributed by atoms with E-state index in [0.29, 0.717) is 13.1 Å². The minimum Gasteiger partial charge on any atom is -0.466 e. The normalized spacial score (nSPS) is 16.4. The van der Waals surface area contributed by atoms with Crippen LogP contribution in [0.3, 0.4) is 0 Å². The van der Waals surface area contributed by atoms with Crippen molar-refractivity contribution in [1.29, 1.82) is 5.41 Å². The number of likely N-dealkylation sites (tertiary alicyclic amines) is 1. The lowest BCUT2D eigenvalue weighted by molar-refractivity contribution is -0.0247. The zero-order valence-corrected chi connectivity index (χ0v) is 11.6. The standard InChI is InChI=1S/C11H20N2O3S/c1-5-17-9(12)15-8-6-13(7-8)10(14)16-11(2,3)4/h8,12H,5-7H2,1-4H3. The van der Waals surface area contributed by atoms with E-state index in [0.717, 1.165) is 5.75 Å². The van der Waals surface area contributed by atoms with Crippen LogP contribution in [0.15, 0.2) is 0 Å². The number of rotatable bonds is 2. The smallest absolute Gasteiger partial charge is 0.410 e. The van der Waals surface area contributed by atoms with Gasteiger partial charge in [0.1, 0.15) is 11.7 Å². The Morgan fingerprint density at radius 3 is 2.53 bits per heavy atom. The SMILES string of the molecule is CCSC(=N)OC1CN(C(=O)OC(C)(C)C)C1. The van der Waals surface area contributed by atoms with Gasteiger partial charge in [0.2, 0.25) is 5.23 Å². The first-order valence-corrected chi connectivity index (χ1v) is 6.66. The number of hydrogen-bond donors (Lipinski definition) is 1. The van der Waals surface area contributed by atoms with E-state index in [1.54, 1.807) is 4.90 Å². The monoisotopic (exact) mass is 260 g/mol. The number of carbonyl (C=O) groups is 1. The highest BCUT2D eigenvalue weighted by Gasteiger charge is 2.35. The molecule has 0 aromatic carbocycles. The molecular weight excluding hydrogens is 240 g/mol. The van der Waals surface area contributed by atoms with Crippen LogP contribution in [0.2, 0.25) is 0 Å². The van der Waals surface area contributed by atoms with Crippen LogP contribution in [0, 0.1) is 5.41 Å². The predicted octanol–water partition coefficient (Wildman–Crippen LogP) is 2.31. The molecule has 98 valence electrons. The summed E-state index contributed by atoms with van der Waals surface area (Å²) in [5.74, 6) is 0.821. The summed E-state index contributed by atoms with van der Waals surface area (Å²) < 4.78 is 10.5. The van der Waals surface area contributed by atoms with Crippen molar-refractivity contribution in [1.82, 2.24) is 4.90 Å². The Balaban J connectivity index is 2.23. The molecule has 0 saturated carbocycles. The highest BCUT2D eigenvalue weighted by atomic mass is 32.2. The maximum atomic E-state index is 11.6. The van der Waals surface area contributed by atoms with Crippen molar-refractivity contribution in [3.05, 3.63) is 0 Å². The summed E-state index contributed by atoms with van der Waals surface area (Å²) in [5.41, 5.74) is -0.464. The molecule has 5 nitrogen and oxygen atoms in total. The summed E-state index contributed by atoms with van der Waals surface area (Å²) in [6.07, 6.45) is -0.374. The second kappa shape index (κ2) is 5.62. The number of amides is 1. The molecule has 1 fully saturated rings. The van der Waals surface area contributed by atoms with Crippen LogP contribution >= 0.6 is 11.8 Å². The maximum absolute atomic E-state index is 11.6. The second-order valence-corrected chi connectivity index (χ2v) is 6.08. The van der Waals surface area contributed by atoms with Crippen LogP contribution in [0.25, 0.3) is 0 Å². The number of ether oxygens (including phenoxy) is 2. The third-order valence-corrected chi connectivity index (χ3v) is 2.70. The molecule has 0 spiro atoms. The van der Waals surface area contributed by atoms with Gasteiger partial charge in [0.25, 0.3) is 0 Å². The van der Waals surface area contributed by atoms with Gasteiger partial charge in [0, 0.05) is 0 Å². The van der Waals surface area contributed by atoms with Gasteiger partial charge in [0.05, 0.1) is 13.1 Å². The zero-order chi connectivity index (χ0) is 13.1. The van der Waals surface area contributed by atoms with Crippen LogP contribution in [0.1, 0.15) is 27.7 Å². The number of nitrogens with zero attached hydrogens (tertiary/aromatic N) is 1. The molecule has 0 aromatic rings. The predicted molar refractivity (Wildman–Crippen MR) is 68.5 cm³/mol. The summed E-state index contributed by atoms with van der Waals surface area (Å²) in [5, 5.41) is 7.70. The molecule has 1 saturated heterocycles. The Kier molecular flexibility index (Phi) is 4.68. The van der Waals surface area contributed by atoms with Crippen LogP contribution in [-0.2, 0) is 9.47 Å². The summed E-state index contributed by atoms with van der Waals surface area (Å²) in [7, 11) is 0. The number of carbonyl (C=O) groups excluding carboxylic acids is 1. The summed E-state index contributed by atoms with van der Waals surface area (Å²) in [6, 6.07) is 0. The van der Waals surface area contributed by atoms with Gasteiger partial charge < -0.3 is 14.4 Å². The Bertz CT molecular complexity index is 296. The first-order chi connectivity index (χ1) is 7.81. The summed E-state index contributed by atoms with van der Waals surface area (Å²) in [6.45, 7) is 8.49. The topological polar surface area (TPSA) is 62.6 Å². The number of nitrogens with one attached hydrogen (secondary N) is 1. The fourth-order valence-electron chi connectivity index (χ4n) is 1.30. The molecule has 0 atom stereocenters. The molecule has 0 aromatic heterocycles. The van der Waals surface area contributed by atoms with Crippen LogP contribution < -0.4 is 0 Å². The molecule has 0 unspecified atom stereocenters. The molecule has 6 heteroatoms. The van der Waals surface area contributed by atoms with Crippen molar-refractivity contribution in [3.8, 4) is 0 Å². The quantitative estimate of drug-likeness (QED) is 0.611. The molecule has 1 amide bonds. The van der Waals surface area contributed by atoms with Gasteiger partial charge in [0.15, 0.2) is 0 Å². The Labute approximate surface area is 106 Å². The fraction of sp³-hybridized carbons (Fsp3) is 0.818. The summed E-state index contributed by atoms with van der Waals surface area (Å²) in [4.78, 5) is 13.2. The van der Waals surface area contributed by atoms with E-state index in [2.05, 4.69) is 0 Å². The van der Waals surface area contributed by atoms with Gasteiger partial charge in [-0.25, -0.2) is 4.79 Å². The van der Waals surface area contributed by atoms with E-state index >= 15 is 0 Å². The van der Waals surface area contributed by atoms with Gasteiger partial charge in [-0.3, -0.25) is 5.41 Å². The third-order valence-electron chi connectivity index (χ3n) is 2.05. The molecular formula is C11H20N2O3S. The van der Waals surface area contributed by atoms with Gasteiger partial charge in [-0.15, -0.1) is 0 Å². The van der Waals surface area contributed by atoms with Crippen LogP contribution in [0.5, 0.6) is 0 Å². The van der Waals surface area contributed by atoms with Crippen LogP contribution in [0.4, 0.5) is 4.79 Å². The van der Waals surface area contributed by atoms with Gasteiger partial charge >= 0.3 is 6.09 Å². The van der Waals surface area contributed by atoms with Crippen molar-refractivity contribution in [2.24, 2.45) is 0 Å². The average Bonchev–Trinajstić information content (AvgIpc) is 2.07. The lowest BCUT2D eigenvalue weighted by Gasteiger charge is -2.39. The highest BCUT2D eigenvalue weighted by Crippen LogP contribution is 2.18. The lowest BCUT2D eigenvalue weighted by Crippen LogP contribution is -2.56.